The van der Waals surface area contributed by atoms with Crippen LogP contribution in [0.25, 0.3) is 0 Å². The van der Waals surface area contributed by atoms with Gasteiger partial charge in [-0.15, -0.1) is 0 Å². The number of carbonyl (C=O) groups is 2. The first-order valence-corrected chi connectivity index (χ1v) is 12.0. The number of benzene rings is 2. The van der Waals surface area contributed by atoms with Crippen molar-refractivity contribution in [1.29, 1.82) is 0 Å². The van der Waals surface area contributed by atoms with Crippen molar-refractivity contribution in [1.82, 2.24) is 14.9 Å². The van der Waals surface area contributed by atoms with Crippen molar-refractivity contribution < 1.29 is 18.0 Å². The first kappa shape index (κ1) is 23.0. The molecule has 1 unspecified atom stereocenters. The number of amides is 2. The lowest BCUT2D eigenvalue weighted by Gasteiger charge is -2.24. The van der Waals surface area contributed by atoms with Crippen molar-refractivity contribution in [2.75, 3.05) is 13.1 Å². The molecule has 2 N–H and O–H groups in total. The second-order valence-corrected chi connectivity index (χ2v) is 9.76. The van der Waals surface area contributed by atoms with E-state index < -0.39 is 22.0 Å². The van der Waals surface area contributed by atoms with E-state index in [1.165, 1.54) is 24.3 Å². The lowest BCUT2D eigenvalue weighted by molar-refractivity contribution is -0.132. The third-order valence-corrected chi connectivity index (χ3v) is 6.80. The minimum Gasteiger partial charge on any atom is -0.341 e. The lowest BCUT2D eigenvalue weighted by Crippen LogP contribution is -2.49. The normalized spacial score (nSPS) is 15.1. The Morgan fingerprint density at radius 3 is 2.16 bits per heavy atom. The molecule has 7 nitrogen and oxygen atoms in total. The van der Waals surface area contributed by atoms with Crippen molar-refractivity contribution in [3.63, 3.8) is 0 Å². The fourth-order valence-corrected chi connectivity index (χ4v) is 4.86. The summed E-state index contributed by atoms with van der Waals surface area (Å²) < 4.78 is 27.1. The summed E-state index contributed by atoms with van der Waals surface area (Å²) in [4.78, 5) is 27.8. The van der Waals surface area contributed by atoms with Gasteiger partial charge in [0.05, 0.1) is 4.90 Å². The van der Waals surface area contributed by atoms with Crippen LogP contribution in [-0.2, 0) is 21.2 Å². The van der Waals surface area contributed by atoms with Crippen molar-refractivity contribution >= 4 is 21.8 Å². The molecule has 1 atom stereocenters. The van der Waals surface area contributed by atoms with E-state index in [-0.39, 0.29) is 16.8 Å². The topological polar surface area (TPSA) is 95.6 Å². The van der Waals surface area contributed by atoms with E-state index in [0.717, 1.165) is 18.4 Å². The minimum absolute atomic E-state index is 0.0879. The highest BCUT2D eigenvalue weighted by Crippen LogP contribution is 2.14. The highest BCUT2D eigenvalue weighted by molar-refractivity contribution is 7.89. The van der Waals surface area contributed by atoms with E-state index in [0.29, 0.717) is 25.1 Å². The third-order valence-electron chi connectivity index (χ3n) is 5.12. The second-order valence-electron chi connectivity index (χ2n) is 8.05. The molecule has 0 saturated carbocycles. The van der Waals surface area contributed by atoms with Gasteiger partial charge in [-0.3, -0.25) is 9.59 Å². The number of nitrogens with zero attached hydrogens (tertiary/aromatic N) is 1. The van der Waals surface area contributed by atoms with Crippen LogP contribution in [0, 0.1) is 0 Å². The molecule has 1 fully saturated rings. The van der Waals surface area contributed by atoms with Gasteiger partial charge in [0.15, 0.2) is 0 Å². The molecular weight excluding hydrogens is 414 g/mol. The Morgan fingerprint density at radius 1 is 0.968 bits per heavy atom. The molecule has 2 aromatic rings. The van der Waals surface area contributed by atoms with Crippen molar-refractivity contribution in [3.8, 4) is 0 Å². The smallest absolute Gasteiger partial charge is 0.251 e. The van der Waals surface area contributed by atoms with Gasteiger partial charge in [0.25, 0.3) is 5.91 Å². The maximum Gasteiger partial charge on any atom is 0.251 e. The van der Waals surface area contributed by atoms with Gasteiger partial charge in [-0.2, -0.15) is 0 Å². The Morgan fingerprint density at radius 2 is 1.58 bits per heavy atom. The van der Waals surface area contributed by atoms with Gasteiger partial charge < -0.3 is 10.2 Å². The number of likely N-dealkylation sites (tertiary alicyclic amines) is 1. The average Bonchev–Trinajstić information content (AvgIpc) is 3.27. The largest absolute Gasteiger partial charge is 0.341 e. The Balaban J connectivity index is 1.75. The number of carbonyl (C=O) groups excluding carboxylic acids is 2. The molecule has 166 valence electrons. The van der Waals surface area contributed by atoms with Crippen LogP contribution >= 0.6 is 0 Å². The van der Waals surface area contributed by atoms with Gasteiger partial charge in [0, 0.05) is 31.1 Å². The molecule has 1 aliphatic rings. The van der Waals surface area contributed by atoms with Crippen LogP contribution in [-0.4, -0.2) is 50.3 Å². The first-order chi connectivity index (χ1) is 14.8. The van der Waals surface area contributed by atoms with Crippen LogP contribution in [0.5, 0.6) is 0 Å². The van der Waals surface area contributed by atoms with E-state index in [2.05, 4.69) is 10.0 Å². The summed E-state index contributed by atoms with van der Waals surface area (Å²) in [6.07, 6.45) is 2.34. The lowest BCUT2D eigenvalue weighted by atomic mass is 10.0. The van der Waals surface area contributed by atoms with Gasteiger partial charge in [-0.25, -0.2) is 13.1 Å². The Labute approximate surface area is 183 Å². The number of rotatable bonds is 8. The molecule has 2 aromatic carbocycles. The summed E-state index contributed by atoms with van der Waals surface area (Å²) in [7, 11) is -3.63. The van der Waals surface area contributed by atoms with Crippen LogP contribution in [0.2, 0.25) is 0 Å². The monoisotopic (exact) mass is 443 g/mol. The summed E-state index contributed by atoms with van der Waals surface area (Å²) in [5.41, 5.74) is 1.26. The van der Waals surface area contributed by atoms with Gasteiger partial charge in [-0.05, 0) is 56.5 Å². The van der Waals surface area contributed by atoms with Gasteiger partial charge in [-0.1, -0.05) is 30.3 Å². The maximum atomic E-state index is 13.0. The van der Waals surface area contributed by atoms with Gasteiger partial charge in [0.2, 0.25) is 15.9 Å². The predicted octanol–water partition coefficient (Wildman–Crippen LogP) is 2.34. The van der Waals surface area contributed by atoms with E-state index in [1.54, 1.807) is 18.7 Å². The van der Waals surface area contributed by atoms with E-state index >= 15 is 0 Å². The standard InChI is InChI=1S/C23H29N3O4S/c1-17(2)25-31(29,30)20-12-10-19(11-13-20)22(27)24-21(16-18-8-4-3-5-9-18)23(28)26-14-6-7-15-26/h3-5,8-13,17,21,25H,6-7,14-16H2,1-2H3,(H,24,27). The summed E-state index contributed by atoms with van der Waals surface area (Å²) in [5.74, 6) is -0.496. The summed E-state index contributed by atoms with van der Waals surface area (Å²) in [6.45, 7) is 4.89. The predicted molar refractivity (Wildman–Crippen MR) is 119 cm³/mol. The molecule has 8 heteroatoms. The zero-order valence-electron chi connectivity index (χ0n) is 17.9. The molecule has 31 heavy (non-hydrogen) atoms. The van der Waals surface area contributed by atoms with E-state index in [1.807, 2.05) is 30.3 Å². The fourth-order valence-electron chi connectivity index (χ4n) is 3.61. The molecule has 0 bridgehead atoms. The molecule has 3 rings (SSSR count). The molecule has 0 radical (unpaired) electrons. The van der Waals surface area contributed by atoms with Crippen LogP contribution in [0.15, 0.2) is 59.5 Å². The molecule has 0 aromatic heterocycles. The number of sulfonamides is 1. The third kappa shape index (κ3) is 6.15. The molecule has 1 heterocycles. The molecular formula is C23H29N3O4S. The highest BCUT2D eigenvalue weighted by atomic mass is 32.2. The van der Waals surface area contributed by atoms with E-state index in [4.69, 9.17) is 0 Å². The van der Waals surface area contributed by atoms with Gasteiger partial charge >= 0.3 is 0 Å². The quantitative estimate of drug-likeness (QED) is 0.655. The van der Waals surface area contributed by atoms with Crippen molar-refractivity contribution in [3.05, 3.63) is 65.7 Å². The number of nitrogens with one attached hydrogen (secondary N) is 2. The number of hydrogen-bond donors (Lipinski definition) is 2. The van der Waals surface area contributed by atoms with Crippen LogP contribution in [0.1, 0.15) is 42.6 Å². The Hall–Kier alpha value is -2.71. The molecule has 1 saturated heterocycles. The van der Waals surface area contributed by atoms with Crippen LogP contribution in [0.3, 0.4) is 0 Å². The van der Waals surface area contributed by atoms with E-state index in [9.17, 15) is 18.0 Å². The molecule has 1 aliphatic heterocycles. The second kappa shape index (κ2) is 10.1. The maximum absolute atomic E-state index is 13.0. The van der Waals surface area contributed by atoms with Crippen LogP contribution < -0.4 is 10.0 Å². The summed E-state index contributed by atoms with van der Waals surface area (Å²) >= 11 is 0. The number of hydrogen-bond acceptors (Lipinski definition) is 4. The van der Waals surface area contributed by atoms with Crippen molar-refractivity contribution in [2.45, 2.75) is 50.1 Å². The zero-order chi connectivity index (χ0) is 22.4. The molecule has 0 spiro atoms. The van der Waals surface area contributed by atoms with Crippen molar-refractivity contribution in [2.24, 2.45) is 0 Å². The average molecular weight is 444 g/mol. The van der Waals surface area contributed by atoms with Crippen LogP contribution in [0.4, 0.5) is 0 Å². The first-order valence-electron chi connectivity index (χ1n) is 10.5. The molecule has 0 aliphatic carbocycles. The summed E-state index contributed by atoms with van der Waals surface area (Å²) in [5, 5.41) is 2.85. The fraction of sp³-hybridized carbons (Fsp3) is 0.391. The zero-order valence-corrected chi connectivity index (χ0v) is 18.7. The SMILES string of the molecule is CC(C)NS(=O)(=O)c1ccc(C(=O)NC(Cc2ccccc2)C(=O)N2CCCC2)cc1. The van der Waals surface area contributed by atoms with Gasteiger partial charge in [0.1, 0.15) is 6.04 Å². The Kier molecular flexibility index (Phi) is 7.46. The summed E-state index contributed by atoms with van der Waals surface area (Å²) in [6, 6.07) is 14.4. The minimum atomic E-state index is -3.63. The molecule has 2 amide bonds. The highest BCUT2D eigenvalue weighted by Gasteiger charge is 2.28. The Bertz CT molecular complexity index is 999.